The Hall–Kier alpha value is -0.480. The largest absolute Gasteiger partial charge is 0.299 e. The SMILES string of the molecule is CC(=O)C(C)S(=O)c1cccs1. The highest BCUT2D eigenvalue weighted by Gasteiger charge is 2.17. The summed E-state index contributed by atoms with van der Waals surface area (Å²) in [5.41, 5.74) is 0. The second-order valence-electron chi connectivity index (χ2n) is 2.48. The van der Waals surface area contributed by atoms with Crippen LogP contribution in [-0.2, 0) is 15.6 Å². The van der Waals surface area contributed by atoms with Gasteiger partial charge in [-0.1, -0.05) is 6.07 Å². The lowest BCUT2D eigenvalue weighted by Crippen LogP contribution is -2.18. The van der Waals surface area contributed by atoms with E-state index in [1.807, 2.05) is 11.4 Å². The van der Waals surface area contributed by atoms with Gasteiger partial charge in [0.2, 0.25) is 0 Å². The van der Waals surface area contributed by atoms with Crippen LogP contribution in [0.2, 0.25) is 0 Å². The first kappa shape index (κ1) is 9.61. The molecule has 0 aliphatic heterocycles. The molecule has 1 aromatic rings. The third-order valence-corrected chi connectivity index (χ3v) is 4.54. The molecule has 2 nitrogen and oxygen atoms in total. The van der Waals surface area contributed by atoms with Crippen molar-refractivity contribution in [1.29, 1.82) is 0 Å². The number of rotatable bonds is 3. The highest BCUT2D eigenvalue weighted by atomic mass is 32.2. The van der Waals surface area contributed by atoms with E-state index in [1.54, 1.807) is 13.0 Å². The van der Waals surface area contributed by atoms with Crippen molar-refractivity contribution in [2.24, 2.45) is 0 Å². The fourth-order valence-electron chi connectivity index (χ4n) is 0.703. The molecule has 0 N–H and O–H groups in total. The van der Waals surface area contributed by atoms with E-state index in [-0.39, 0.29) is 11.0 Å². The zero-order valence-electron chi connectivity index (χ0n) is 6.94. The molecular weight excluding hydrogens is 192 g/mol. The molecule has 0 amide bonds. The average Bonchev–Trinajstić information content (AvgIpc) is 2.53. The number of carbonyl (C=O) groups is 1. The van der Waals surface area contributed by atoms with Crippen molar-refractivity contribution in [3.05, 3.63) is 17.5 Å². The molecule has 0 aromatic carbocycles. The van der Waals surface area contributed by atoms with Crippen LogP contribution in [0.5, 0.6) is 0 Å². The second kappa shape index (κ2) is 3.96. The van der Waals surface area contributed by atoms with Crippen LogP contribution in [0.3, 0.4) is 0 Å². The molecule has 1 rings (SSSR count). The molecule has 0 saturated carbocycles. The minimum atomic E-state index is -1.16. The number of thiophene rings is 1. The summed E-state index contributed by atoms with van der Waals surface area (Å²) >= 11 is 1.42. The maximum absolute atomic E-state index is 11.5. The minimum Gasteiger partial charge on any atom is -0.299 e. The van der Waals surface area contributed by atoms with E-state index in [4.69, 9.17) is 0 Å². The predicted octanol–water partition coefficient (Wildman–Crippen LogP) is 1.83. The van der Waals surface area contributed by atoms with Crippen molar-refractivity contribution in [3.8, 4) is 0 Å². The smallest absolute Gasteiger partial charge is 0.145 e. The molecule has 2 atom stereocenters. The lowest BCUT2D eigenvalue weighted by molar-refractivity contribution is -0.116. The summed E-state index contributed by atoms with van der Waals surface area (Å²) in [7, 11) is -1.16. The van der Waals surface area contributed by atoms with Gasteiger partial charge >= 0.3 is 0 Å². The van der Waals surface area contributed by atoms with E-state index >= 15 is 0 Å². The first-order valence-electron chi connectivity index (χ1n) is 3.57. The van der Waals surface area contributed by atoms with Crippen molar-refractivity contribution in [2.45, 2.75) is 23.3 Å². The highest BCUT2D eigenvalue weighted by Crippen LogP contribution is 2.17. The molecule has 12 heavy (non-hydrogen) atoms. The molecule has 2 unspecified atom stereocenters. The average molecular weight is 202 g/mol. The summed E-state index contributed by atoms with van der Waals surface area (Å²) in [5.74, 6) is -0.0262. The van der Waals surface area contributed by atoms with Crippen molar-refractivity contribution in [2.75, 3.05) is 0 Å². The minimum absolute atomic E-state index is 0.0262. The summed E-state index contributed by atoms with van der Waals surface area (Å²) in [5, 5.41) is 1.48. The van der Waals surface area contributed by atoms with Crippen molar-refractivity contribution < 1.29 is 9.00 Å². The van der Waals surface area contributed by atoms with E-state index in [2.05, 4.69) is 0 Å². The third kappa shape index (κ3) is 2.01. The van der Waals surface area contributed by atoms with Crippen LogP contribution in [0.15, 0.2) is 21.7 Å². The Balaban J connectivity index is 2.79. The maximum Gasteiger partial charge on any atom is 0.145 e. The van der Waals surface area contributed by atoms with Crippen molar-refractivity contribution in [1.82, 2.24) is 0 Å². The number of Topliss-reactive ketones (excluding diaryl/α,β-unsaturated/α-hetero) is 1. The summed E-state index contributed by atoms with van der Waals surface area (Å²) in [4.78, 5) is 10.9. The van der Waals surface area contributed by atoms with E-state index in [0.717, 1.165) is 4.21 Å². The Morgan fingerprint density at radius 1 is 1.67 bits per heavy atom. The van der Waals surface area contributed by atoms with Gasteiger partial charge in [0.15, 0.2) is 0 Å². The predicted molar refractivity (Wildman–Crippen MR) is 50.9 cm³/mol. The molecule has 0 aliphatic carbocycles. The summed E-state index contributed by atoms with van der Waals surface area (Å²) in [6.07, 6.45) is 0. The molecular formula is C8H10O2S2. The zero-order chi connectivity index (χ0) is 9.14. The van der Waals surface area contributed by atoms with Crippen LogP contribution in [0.25, 0.3) is 0 Å². The molecule has 0 saturated heterocycles. The summed E-state index contributed by atoms with van der Waals surface area (Å²) < 4.78 is 12.3. The van der Waals surface area contributed by atoms with Gasteiger partial charge in [0, 0.05) is 0 Å². The van der Waals surface area contributed by atoms with Crippen LogP contribution in [0, 0.1) is 0 Å². The molecule has 0 radical (unpaired) electrons. The molecule has 4 heteroatoms. The molecule has 1 aromatic heterocycles. The van der Waals surface area contributed by atoms with Gasteiger partial charge in [0.25, 0.3) is 0 Å². The van der Waals surface area contributed by atoms with E-state index in [1.165, 1.54) is 18.3 Å². The van der Waals surface area contributed by atoms with E-state index in [9.17, 15) is 9.00 Å². The molecule has 0 aliphatic rings. The number of ketones is 1. The first-order valence-corrected chi connectivity index (χ1v) is 5.66. The van der Waals surface area contributed by atoms with E-state index in [0.29, 0.717) is 0 Å². The fourth-order valence-corrected chi connectivity index (χ4v) is 2.99. The Morgan fingerprint density at radius 2 is 2.33 bits per heavy atom. The number of hydrogen-bond donors (Lipinski definition) is 0. The van der Waals surface area contributed by atoms with Gasteiger partial charge in [0.1, 0.15) is 5.78 Å². The standard InChI is InChI=1S/C8H10O2S2/c1-6(9)7(2)12(10)8-4-3-5-11-8/h3-5,7H,1-2H3. The lowest BCUT2D eigenvalue weighted by Gasteiger charge is -2.04. The summed E-state index contributed by atoms with van der Waals surface area (Å²) in [6.45, 7) is 3.16. The highest BCUT2D eigenvalue weighted by molar-refractivity contribution is 7.88. The molecule has 0 fully saturated rings. The second-order valence-corrected chi connectivity index (χ2v) is 5.43. The topological polar surface area (TPSA) is 34.1 Å². The normalized spacial score (nSPS) is 15.5. The quantitative estimate of drug-likeness (QED) is 0.749. The lowest BCUT2D eigenvalue weighted by atomic mass is 10.3. The Bertz CT molecular complexity index is 290. The van der Waals surface area contributed by atoms with Gasteiger partial charge in [-0.3, -0.25) is 9.00 Å². The van der Waals surface area contributed by atoms with Crippen molar-refractivity contribution >= 4 is 27.9 Å². The van der Waals surface area contributed by atoms with Crippen molar-refractivity contribution in [3.63, 3.8) is 0 Å². The van der Waals surface area contributed by atoms with Crippen LogP contribution >= 0.6 is 11.3 Å². The monoisotopic (exact) mass is 202 g/mol. The van der Waals surface area contributed by atoms with Gasteiger partial charge in [-0.2, -0.15) is 0 Å². The molecule has 66 valence electrons. The third-order valence-electron chi connectivity index (χ3n) is 1.59. The maximum atomic E-state index is 11.5. The summed E-state index contributed by atoms with van der Waals surface area (Å²) in [6, 6.07) is 3.63. The number of carbonyl (C=O) groups excluding carboxylic acids is 1. The Kier molecular flexibility index (Phi) is 3.17. The fraction of sp³-hybridized carbons (Fsp3) is 0.375. The van der Waals surface area contributed by atoms with Crippen LogP contribution < -0.4 is 0 Å². The van der Waals surface area contributed by atoms with Gasteiger partial charge < -0.3 is 0 Å². The van der Waals surface area contributed by atoms with Gasteiger partial charge in [-0.25, -0.2) is 0 Å². The van der Waals surface area contributed by atoms with Crippen LogP contribution in [0.4, 0.5) is 0 Å². The number of hydrogen-bond acceptors (Lipinski definition) is 3. The molecule has 1 heterocycles. The van der Waals surface area contributed by atoms with Crippen LogP contribution in [0.1, 0.15) is 13.8 Å². The molecule has 0 bridgehead atoms. The van der Waals surface area contributed by atoms with Gasteiger partial charge in [-0.15, -0.1) is 11.3 Å². The van der Waals surface area contributed by atoms with Gasteiger partial charge in [-0.05, 0) is 25.3 Å². The zero-order valence-corrected chi connectivity index (χ0v) is 8.58. The van der Waals surface area contributed by atoms with Crippen LogP contribution in [-0.4, -0.2) is 15.2 Å². The Labute approximate surface area is 78.1 Å². The first-order chi connectivity index (χ1) is 5.63. The molecule has 0 spiro atoms. The van der Waals surface area contributed by atoms with E-state index < -0.39 is 10.8 Å². The Morgan fingerprint density at radius 3 is 2.75 bits per heavy atom. The van der Waals surface area contributed by atoms with Gasteiger partial charge in [0.05, 0.1) is 20.3 Å².